The monoisotopic (exact) mass is 381 g/mol. The van der Waals surface area contributed by atoms with Gasteiger partial charge in [0.2, 0.25) is 10.0 Å². The van der Waals surface area contributed by atoms with Gasteiger partial charge in [0.05, 0.1) is 4.90 Å². The molecule has 1 fully saturated rings. The highest BCUT2D eigenvalue weighted by molar-refractivity contribution is 7.89. The second kappa shape index (κ2) is 8.97. The van der Waals surface area contributed by atoms with Crippen molar-refractivity contribution < 1.29 is 13.2 Å². The average molecular weight is 382 g/mol. The molecule has 1 saturated heterocycles. The molecule has 1 aromatic rings. The number of carbonyl (C=O) groups is 1. The maximum absolute atomic E-state index is 12.8. The molecule has 0 aliphatic carbocycles. The second-order valence-corrected chi connectivity index (χ2v) is 9.01. The lowest BCUT2D eigenvalue weighted by molar-refractivity contribution is 0.0743. The molecule has 0 radical (unpaired) electrons. The highest BCUT2D eigenvalue weighted by Crippen LogP contribution is 2.25. The van der Waals surface area contributed by atoms with Crippen molar-refractivity contribution in [3.63, 3.8) is 0 Å². The van der Waals surface area contributed by atoms with Crippen LogP contribution in [0.25, 0.3) is 0 Å². The average Bonchev–Trinajstić information content (AvgIpc) is 3.02. The van der Waals surface area contributed by atoms with Crippen LogP contribution >= 0.6 is 0 Å². The van der Waals surface area contributed by atoms with Crippen molar-refractivity contribution in [3.8, 4) is 0 Å². The number of hydrogen-bond donors (Lipinski definition) is 1. The molecule has 0 aromatic heterocycles. The first-order valence-corrected chi connectivity index (χ1v) is 10.9. The molecule has 1 amide bonds. The molecule has 2 unspecified atom stereocenters. The maximum Gasteiger partial charge on any atom is 0.254 e. The standard InChI is InChI=1S/C19H31N3O3S/c1-4-10-21(11-5-2)26(24,25)18-8-6-17(7-9-18)19(23)22-14-16(13-20)12-15(22)3/h6-9,15-16H,4-5,10-14,20H2,1-3H3. The minimum atomic E-state index is -3.52. The van der Waals surface area contributed by atoms with Gasteiger partial charge in [-0.05, 0) is 62.9 Å². The normalized spacial score (nSPS) is 20.7. The molecule has 2 rings (SSSR count). The first kappa shape index (κ1) is 20.9. The van der Waals surface area contributed by atoms with Crippen LogP contribution in [0.1, 0.15) is 50.4 Å². The van der Waals surface area contributed by atoms with Gasteiger partial charge in [0, 0.05) is 31.2 Å². The lowest BCUT2D eigenvalue weighted by atomic mass is 10.1. The number of carbonyl (C=O) groups excluding carboxylic acids is 1. The Morgan fingerprint density at radius 3 is 2.23 bits per heavy atom. The molecular formula is C19H31N3O3S. The van der Waals surface area contributed by atoms with Crippen molar-refractivity contribution in [3.05, 3.63) is 29.8 Å². The number of likely N-dealkylation sites (tertiary alicyclic amines) is 1. The van der Waals surface area contributed by atoms with Crippen molar-refractivity contribution in [1.29, 1.82) is 0 Å². The summed E-state index contributed by atoms with van der Waals surface area (Å²) >= 11 is 0. The van der Waals surface area contributed by atoms with E-state index in [4.69, 9.17) is 5.73 Å². The van der Waals surface area contributed by atoms with Crippen LogP contribution in [-0.4, -0.2) is 55.8 Å². The third kappa shape index (κ3) is 4.45. The van der Waals surface area contributed by atoms with Crippen LogP contribution in [-0.2, 0) is 10.0 Å². The third-order valence-electron chi connectivity index (χ3n) is 4.94. The quantitative estimate of drug-likeness (QED) is 0.749. The zero-order valence-electron chi connectivity index (χ0n) is 16.0. The molecule has 1 aliphatic heterocycles. The molecule has 1 heterocycles. The Balaban J connectivity index is 2.18. The van der Waals surface area contributed by atoms with Gasteiger partial charge in [0.1, 0.15) is 0 Å². The van der Waals surface area contributed by atoms with E-state index in [-0.39, 0.29) is 16.8 Å². The molecule has 0 saturated carbocycles. The highest BCUT2D eigenvalue weighted by Gasteiger charge is 2.32. The first-order valence-electron chi connectivity index (χ1n) is 9.46. The van der Waals surface area contributed by atoms with Crippen LogP contribution in [0.3, 0.4) is 0 Å². The summed E-state index contributed by atoms with van der Waals surface area (Å²) in [6.07, 6.45) is 2.45. The smallest absolute Gasteiger partial charge is 0.254 e. The fourth-order valence-electron chi connectivity index (χ4n) is 3.53. The minimum absolute atomic E-state index is 0.0589. The van der Waals surface area contributed by atoms with E-state index in [1.807, 2.05) is 25.7 Å². The van der Waals surface area contributed by atoms with Gasteiger partial charge < -0.3 is 10.6 Å². The topological polar surface area (TPSA) is 83.7 Å². The van der Waals surface area contributed by atoms with Crippen molar-refractivity contribution in [2.45, 2.75) is 51.0 Å². The molecule has 2 N–H and O–H groups in total. The van der Waals surface area contributed by atoms with E-state index < -0.39 is 10.0 Å². The number of sulfonamides is 1. The number of rotatable bonds is 8. The Hall–Kier alpha value is -1.44. The predicted octanol–water partition coefficient (Wildman–Crippen LogP) is 2.31. The van der Waals surface area contributed by atoms with E-state index in [0.29, 0.717) is 37.7 Å². The largest absolute Gasteiger partial charge is 0.336 e. The van der Waals surface area contributed by atoms with Crippen LogP contribution in [0.4, 0.5) is 0 Å². The first-order chi connectivity index (χ1) is 12.3. The van der Waals surface area contributed by atoms with E-state index in [1.54, 1.807) is 24.3 Å². The Morgan fingerprint density at radius 1 is 1.19 bits per heavy atom. The molecule has 7 heteroatoms. The number of hydrogen-bond acceptors (Lipinski definition) is 4. The summed E-state index contributed by atoms with van der Waals surface area (Å²) in [4.78, 5) is 14.8. The lowest BCUT2D eigenvalue weighted by Crippen LogP contribution is -2.34. The van der Waals surface area contributed by atoms with Gasteiger partial charge in [0.15, 0.2) is 0 Å². The fraction of sp³-hybridized carbons (Fsp3) is 0.632. The molecule has 1 aliphatic rings. The summed E-state index contributed by atoms with van der Waals surface area (Å²) in [6, 6.07) is 6.48. The second-order valence-electron chi connectivity index (χ2n) is 7.07. The van der Waals surface area contributed by atoms with Crippen molar-refractivity contribution in [2.24, 2.45) is 11.7 Å². The molecule has 1 aromatic carbocycles. The number of nitrogens with two attached hydrogens (primary N) is 1. The molecule has 146 valence electrons. The van der Waals surface area contributed by atoms with Gasteiger partial charge in [0.25, 0.3) is 5.91 Å². The van der Waals surface area contributed by atoms with Crippen LogP contribution < -0.4 is 5.73 Å². The zero-order chi connectivity index (χ0) is 19.3. The van der Waals surface area contributed by atoms with Gasteiger partial charge in [-0.1, -0.05) is 13.8 Å². The van der Waals surface area contributed by atoms with Gasteiger partial charge in [-0.3, -0.25) is 4.79 Å². The van der Waals surface area contributed by atoms with E-state index in [9.17, 15) is 13.2 Å². The summed E-state index contributed by atoms with van der Waals surface area (Å²) in [7, 11) is -3.52. The Labute approximate surface area is 157 Å². The summed E-state index contributed by atoms with van der Waals surface area (Å²) in [5.41, 5.74) is 6.25. The molecule has 6 nitrogen and oxygen atoms in total. The summed E-state index contributed by atoms with van der Waals surface area (Å²) < 4.78 is 27.1. The van der Waals surface area contributed by atoms with Crippen LogP contribution in [0.2, 0.25) is 0 Å². The molecule has 0 bridgehead atoms. The Kier molecular flexibility index (Phi) is 7.20. The van der Waals surface area contributed by atoms with Crippen molar-refractivity contribution in [2.75, 3.05) is 26.2 Å². The molecule has 0 spiro atoms. The fourth-order valence-corrected chi connectivity index (χ4v) is 5.16. The highest BCUT2D eigenvalue weighted by atomic mass is 32.2. The summed E-state index contributed by atoms with van der Waals surface area (Å²) in [6.45, 7) is 8.20. The number of benzene rings is 1. The summed E-state index contributed by atoms with van der Waals surface area (Å²) in [5.74, 6) is 0.279. The van der Waals surface area contributed by atoms with E-state index in [1.165, 1.54) is 4.31 Å². The lowest BCUT2D eigenvalue weighted by Gasteiger charge is -2.23. The molecule has 26 heavy (non-hydrogen) atoms. The third-order valence-corrected chi connectivity index (χ3v) is 6.85. The molecular weight excluding hydrogens is 350 g/mol. The Morgan fingerprint density at radius 2 is 1.77 bits per heavy atom. The van der Waals surface area contributed by atoms with Crippen molar-refractivity contribution >= 4 is 15.9 Å². The van der Waals surface area contributed by atoms with Crippen LogP contribution in [0, 0.1) is 5.92 Å². The van der Waals surface area contributed by atoms with Crippen LogP contribution in [0.15, 0.2) is 29.2 Å². The van der Waals surface area contributed by atoms with E-state index in [0.717, 1.165) is 19.3 Å². The van der Waals surface area contributed by atoms with E-state index >= 15 is 0 Å². The zero-order valence-corrected chi connectivity index (χ0v) is 16.8. The van der Waals surface area contributed by atoms with Gasteiger partial charge in [-0.2, -0.15) is 4.31 Å². The minimum Gasteiger partial charge on any atom is -0.336 e. The number of amides is 1. The van der Waals surface area contributed by atoms with Gasteiger partial charge >= 0.3 is 0 Å². The SMILES string of the molecule is CCCN(CCC)S(=O)(=O)c1ccc(C(=O)N2CC(CN)CC2C)cc1. The van der Waals surface area contributed by atoms with Crippen molar-refractivity contribution in [1.82, 2.24) is 9.21 Å². The summed E-state index contributed by atoms with van der Waals surface area (Å²) in [5, 5.41) is 0. The molecule has 2 atom stereocenters. The Bertz CT molecular complexity index is 697. The van der Waals surface area contributed by atoms with Crippen LogP contribution in [0.5, 0.6) is 0 Å². The van der Waals surface area contributed by atoms with E-state index in [2.05, 4.69) is 0 Å². The maximum atomic E-state index is 12.8. The van der Waals surface area contributed by atoms with Gasteiger partial charge in [-0.15, -0.1) is 0 Å². The number of nitrogens with zero attached hydrogens (tertiary/aromatic N) is 2. The van der Waals surface area contributed by atoms with Gasteiger partial charge in [-0.25, -0.2) is 8.42 Å². The predicted molar refractivity (Wildman–Crippen MR) is 103 cm³/mol.